The molecule has 0 saturated carbocycles. The fourth-order valence-corrected chi connectivity index (χ4v) is 2.63. The van der Waals surface area contributed by atoms with Crippen LogP contribution in [-0.4, -0.2) is 33.6 Å². The van der Waals surface area contributed by atoms with Gasteiger partial charge in [0.15, 0.2) is 11.5 Å². The van der Waals surface area contributed by atoms with Crippen molar-refractivity contribution in [2.75, 3.05) is 7.11 Å². The number of hydrogen-bond acceptors (Lipinski definition) is 6. The molecule has 0 saturated heterocycles. The summed E-state index contributed by atoms with van der Waals surface area (Å²) < 4.78 is 10.7. The number of hydrogen-bond donors (Lipinski definition) is 4. The summed E-state index contributed by atoms with van der Waals surface area (Å²) in [6.45, 7) is 0. The summed E-state index contributed by atoms with van der Waals surface area (Å²) in [5.74, 6) is 0.335. The summed E-state index contributed by atoms with van der Waals surface area (Å²) in [5.41, 5.74) is 1.01. The van der Waals surface area contributed by atoms with E-state index in [4.69, 9.17) is 9.47 Å². The number of aliphatic hydroxyl groups is 1. The normalized spacial score (nSPS) is 20.1. The minimum Gasteiger partial charge on any atom is -0.508 e. The van der Waals surface area contributed by atoms with Crippen molar-refractivity contribution in [3.63, 3.8) is 0 Å². The Kier molecular flexibility index (Phi) is 3.46. The summed E-state index contributed by atoms with van der Waals surface area (Å²) in [6, 6.07) is 7.31. The number of methoxy groups -OCH3 is 1. The van der Waals surface area contributed by atoms with Crippen molar-refractivity contribution < 1.29 is 29.9 Å². The number of ether oxygens (including phenoxy) is 2. The molecule has 0 amide bonds. The number of aromatic hydroxyl groups is 3. The van der Waals surface area contributed by atoms with E-state index in [9.17, 15) is 20.4 Å². The number of aliphatic hydroxyl groups excluding tert-OH is 1. The van der Waals surface area contributed by atoms with Gasteiger partial charge < -0.3 is 29.9 Å². The Morgan fingerprint density at radius 2 is 1.86 bits per heavy atom. The molecule has 2 aromatic rings. The van der Waals surface area contributed by atoms with Gasteiger partial charge in [0, 0.05) is 24.1 Å². The lowest BCUT2D eigenvalue weighted by atomic mass is 9.94. The summed E-state index contributed by atoms with van der Waals surface area (Å²) in [4.78, 5) is 0. The predicted molar refractivity (Wildman–Crippen MR) is 77.5 cm³/mol. The van der Waals surface area contributed by atoms with Gasteiger partial charge in [0.2, 0.25) is 0 Å². The minimum atomic E-state index is -0.893. The summed E-state index contributed by atoms with van der Waals surface area (Å²) in [7, 11) is 1.45. The van der Waals surface area contributed by atoms with Crippen molar-refractivity contribution in [2.45, 2.75) is 18.6 Å². The topological polar surface area (TPSA) is 99.4 Å². The molecule has 0 bridgehead atoms. The van der Waals surface area contributed by atoms with Crippen LogP contribution in [0.15, 0.2) is 30.3 Å². The minimum absolute atomic E-state index is 0.0552. The lowest BCUT2D eigenvalue weighted by Gasteiger charge is -2.31. The Hall–Kier alpha value is -2.60. The van der Waals surface area contributed by atoms with E-state index in [0.29, 0.717) is 22.6 Å². The van der Waals surface area contributed by atoms with E-state index in [1.165, 1.54) is 25.3 Å². The standard InChI is InChI=1S/C16H16O6/c1-21-14-3-2-8(4-12(14)19)16-13(20)7-10-11(18)5-9(17)6-15(10)22-16/h2-6,13,16-20H,7H2,1H3/t13-,16-/m1/s1. The average molecular weight is 304 g/mol. The molecule has 4 N–H and O–H groups in total. The first-order chi connectivity index (χ1) is 10.5. The summed E-state index contributed by atoms with van der Waals surface area (Å²) >= 11 is 0. The lowest BCUT2D eigenvalue weighted by Crippen LogP contribution is -2.30. The van der Waals surface area contributed by atoms with E-state index in [-0.39, 0.29) is 23.7 Å². The second-order valence-electron chi connectivity index (χ2n) is 5.18. The third-order valence-electron chi connectivity index (χ3n) is 3.72. The van der Waals surface area contributed by atoms with Crippen molar-refractivity contribution in [1.29, 1.82) is 0 Å². The van der Waals surface area contributed by atoms with E-state index in [1.807, 2.05) is 0 Å². The van der Waals surface area contributed by atoms with E-state index < -0.39 is 12.2 Å². The molecule has 0 aliphatic carbocycles. The van der Waals surface area contributed by atoms with Crippen LogP contribution in [0.5, 0.6) is 28.7 Å². The zero-order valence-electron chi connectivity index (χ0n) is 11.9. The second-order valence-corrected chi connectivity index (χ2v) is 5.18. The quantitative estimate of drug-likeness (QED) is 0.676. The molecule has 2 atom stereocenters. The maximum atomic E-state index is 10.3. The van der Waals surface area contributed by atoms with Gasteiger partial charge in [-0.25, -0.2) is 0 Å². The van der Waals surface area contributed by atoms with Gasteiger partial charge in [-0.3, -0.25) is 0 Å². The largest absolute Gasteiger partial charge is 0.508 e. The van der Waals surface area contributed by atoms with Gasteiger partial charge in [0.25, 0.3) is 0 Å². The number of phenolic OH excluding ortho intramolecular Hbond substituents is 3. The lowest BCUT2D eigenvalue weighted by molar-refractivity contribution is 0.0197. The average Bonchev–Trinajstić information content (AvgIpc) is 2.47. The number of phenols is 3. The Labute approximate surface area is 126 Å². The molecular weight excluding hydrogens is 288 g/mol. The van der Waals surface area contributed by atoms with Crippen LogP contribution in [-0.2, 0) is 6.42 Å². The highest BCUT2D eigenvalue weighted by molar-refractivity contribution is 5.52. The predicted octanol–water partition coefficient (Wildman–Crippen LogP) is 1.85. The van der Waals surface area contributed by atoms with Crippen molar-refractivity contribution in [3.05, 3.63) is 41.5 Å². The molecule has 0 spiro atoms. The maximum Gasteiger partial charge on any atom is 0.160 e. The Morgan fingerprint density at radius 3 is 2.55 bits per heavy atom. The number of fused-ring (bicyclic) bond motifs is 1. The second kappa shape index (κ2) is 5.31. The van der Waals surface area contributed by atoms with Gasteiger partial charge in [-0.15, -0.1) is 0 Å². The van der Waals surface area contributed by atoms with Crippen LogP contribution in [0.2, 0.25) is 0 Å². The van der Waals surface area contributed by atoms with Crippen LogP contribution < -0.4 is 9.47 Å². The van der Waals surface area contributed by atoms with Crippen LogP contribution in [0.1, 0.15) is 17.2 Å². The van der Waals surface area contributed by atoms with Crippen LogP contribution in [0, 0.1) is 0 Å². The summed E-state index contributed by atoms with van der Waals surface area (Å²) in [5, 5.41) is 39.5. The van der Waals surface area contributed by atoms with Gasteiger partial charge >= 0.3 is 0 Å². The van der Waals surface area contributed by atoms with Gasteiger partial charge in [-0.1, -0.05) is 6.07 Å². The van der Waals surface area contributed by atoms with Crippen molar-refractivity contribution >= 4 is 0 Å². The van der Waals surface area contributed by atoms with Crippen LogP contribution >= 0.6 is 0 Å². The molecule has 1 heterocycles. The van der Waals surface area contributed by atoms with Gasteiger partial charge in [-0.2, -0.15) is 0 Å². The molecule has 0 radical (unpaired) electrons. The Morgan fingerprint density at radius 1 is 1.09 bits per heavy atom. The monoisotopic (exact) mass is 304 g/mol. The van der Waals surface area contributed by atoms with Crippen molar-refractivity contribution in [1.82, 2.24) is 0 Å². The molecular formula is C16H16O6. The molecule has 0 aromatic heterocycles. The highest BCUT2D eigenvalue weighted by Crippen LogP contribution is 2.42. The van der Waals surface area contributed by atoms with E-state index in [0.717, 1.165) is 0 Å². The molecule has 6 heteroatoms. The van der Waals surface area contributed by atoms with Crippen molar-refractivity contribution in [2.24, 2.45) is 0 Å². The third-order valence-corrected chi connectivity index (χ3v) is 3.72. The number of rotatable bonds is 2. The molecule has 1 aliphatic heterocycles. The zero-order chi connectivity index (χ0) is 15.9. The molecule has 6 nitrogen and oxygen atoms in total. The van der Waals surface area contributed by atoms with Gasteiger partial charge in [0.05, 0.1) is 13.2 Å². The molecule has 0 unspecified atom stereocenters. The van der Waals surface area contributed by atoms with Crippen LogP contribution in [0.3, 0.4) is 0 Å². The fourth-order valence-electron chi connectivity index (χ4n) is 2.63. The molecule has 1 aliphatic rings. The van der Waals surface area contributed by atoms with Crippen LogP contribution in [0.25, 0.3) is 0 Å². The van der Waals surface area contributed by atoms with E-state index in [2.05, 4.69) is 0 Å². The highest BCUT2D eigenvalue weighted by Gasteiger charge is 2.32. The molecule has 22 heavy (non-hydrogen) atoms. The van der Waals surface area contributed by atoms with Crippen LogP contribution in [0.4, 0.5) is 0 Å². The smallest absolute Gasteiger partial charge is 0.160 e. The molecule has 0 fully saturated rings. The van der Waals surface area contributed by atoms with Crippen molar-refractivity contribution in [3.8, 4) is 28.7 Å². The first kappa shape index (κ1) is 14.3. The SMILES string of the molecule is COc1ccc([C@H]2Oc3cc(O)cc(O)c3C[C@H]2O)cc1O. The Balaban J connectivity index is 1.97. The van der Waals surface area contributed by atoms with E-state index >= 15 is 0 Å². The zero-order valence-corrected chi connectivity index (χ0v) is 11.9. The molecule has 3 rings (SSSR count). The van der Waals surface area contributed by atoms with Gasteiger partial charge in [0.1, 0.15) is 23.4 Å². The number of benzene rings is 2. The Bertz CT molecular complexity index is 712. The molecule has 116 valence electrons. The highest BCUT2D eigenvalue weighted by atomic mass is 16.5. The maximum absolute atomic E-state index is 10.3. The first-order valence-corrected chi connectivity index (χ1v) is 6.76. The van der Waals surface area contributed by atoms with Gasteiger partial charge in [-0.05, 0) is 17.7 Å². The van der Waals surface area contributed by atoms with E-state index in [1.54, 1.807) is 12.1 Å². The molecule has 2 aromatic carbocycles. The third kappa shape index (κ3) is 2.37. The fraction of sp³-hybridized carbons (Fsp3) is 0.250. The first-order valence-electron chi connectivity index (χ1n) is 6.76. The summed E-state index contributed by atoms with van der Waals surface area (Å²) in [6.07, 6.45) is -1.43.